The number of carbonyl (C=O) groups excluding carboxylic acids is 3. The number of ketones is 1. The maximum absolute atomic E-state index is 11.2. The smallest absolute Gasteiger partial charge is 0.315 e. The third kappa shape index (κ3) is 16.6. The first kappa shape index (κ1) is 25.7. The normalized spacial score (nSPS) is 10.7. The van der Waals surface area contributed by atoms with E-state index in [-0.39, 0.29) is 24.3 Å². The van der Waals surface area contributed by atoms with Crippen LogP contribution in [0.2, 0.25) is 0 Å². The molecule has 0 aliphatic rings. The van der Waals surface area contributed by atoms with Crippen molar-refractivity contribution in [1.82, 2.24) is 0 Å². The van der Waals surface area contributed by atoms with E-state index >= 15 is 0 Å². The molecule has 0 unspecified atom stereocenters. The van der Waals surface area contributed by atoms with E-state index in [4.69, 9.17) is 14.2 Å². The summed E-state index contributed by atoms with van der Waals surface area (Å²) in [4.78, 5) is 34.8. The molecule has 0 bridgehead atoms. The Bertz CT molecular complexity index is 340. The van der Waals surface area contributed by atoms with E-state index in [1.54, 1.807) is 0 Å². The van der Waals surface area contributed by atoms with Crippen molar-refractivity contribution in [2.24, 2.45) is 0 Å². The molecule has 1 N–H and O–H groups in total. The Morgan fingerprint density at radius 2 is 1.24 bits per heavy atom. The number of hydrogen-bond acceptors (Lipinski definition) is 6. The lowest BCUT2D eigenvalue weighted by Crippen LogP contribution is -3.12. The van der Waals surface area contributed by atoms with Crippen LogP contribution in [0.15, 0.2) is 0 Å². The van der Waals surface area contributed by atoms with E-state index in [0.717, 1.165) is 32.5 Å². The van der Waals surface area contributed by atoms with Gasteiger partial charge in [-0.1, -0.05) is 67.8 Å². The molecule has 0 rings (SSSR count). The van der Waals surface area contributed by atoms with E-state index < -0.39 is 0 Å². The Morgan fingerprint density at radius 1 is 0.720 bits per heavy atom. The number of carbonyl (C=O) groups is 3. The third-order valence-electron chi connectivity index (χ3n) is 3.11. The highest BCUT2D eigenvalue weighted by molar-refractivity contribution is 14.1. The maximum Gasteiger partial charge on any atom is 0.315 e. The number of hydrogen-bond donors (Lipinski definition) is 1. The van der Waals surface area contributed by atoms with E-state index in [9.17, 15) is 14.4 Å². The average Bonchev–Trinajstić information content (AvgIpc) is 2.63. The van der Waals surface area contributed by atoms with Crippen molar-refractivity contribution in [2.75, 3.05) is 59.3 Å². The lowest BCUT2D eigenvalue weighted by atomic mass is 10.3. The lowest BCUT2D eigenvalue weighted by molar-refractivity contribution is -0.901. The summed E-state index contributed by atoms with van der Waals surface area (Å²) in [5.41, 5.74) is 0. The number of esters is 2. The fourth-order valence-electron chi connectivity index (χ4n) is 1.91. The summed E-state index contributed by atoms with van der Waals surface area (Å²) in [6, 6.07) is 0. The van der Waals surface area contributed by atoms with Crippen molar-refractivity contribution in [3.05, 3.63) is 0 Å². The number of nitrogens with one attached hydrogen (secondary N) is 1. The second-order valence-corrected chi connectivity index (χ2v) is 7.43. The Labute approximate surface area is 189 Å². The summed E-state index contributed by atoms with van der Waals surface area (Å²) in [6.07, 6.45) is 1.52. The minimum absolute atomic E-state index is 0.0820. The quantitative estimate of drug-likeness (QED) is 0.111. The van der Waals surface area contributed by atoms with Crippen LogP contribution in [0.25, 0.3) is 0 Å². The molecule has 0 atom stereocenters. The highest BCUT2D eigenvalue weighted by atomic mass is 127. The van der Waals surface area contributed by atoms with Gasteiger partial charge in [0.1, 0.15) is 13.2 Å². The van der Waals surface area contributed by atoms with Crippen LogP contribution < -0.4 is 4.90 Å². The SMILES string of the molecule is O=C(CI)COCC[NH+](CCCOC(=O)CI)CCCOC(=O)CI. The molecule has 0 aromatic carbocycles. The van der Waals surface area contributed by atoms with Crippen LogP contribution in [0.3, 0.4) is 0 Å². The van der Waals surface area contributed by atoms with E-state index in [2.05, 4.69) is 0 Å². The van der Waals surface area contributed by atoms with Gasteiger partial charge in [0.25, 0.3) is 0 Å². The third-order valence-corrected chi connectivity index (χ3v) is 5.20. The molecule has 0 heterocycles. The zero-order chi connectivity index (χ0) is 18.9. The van der Waals surface area contributed by atoms with Crippen LogP contribution in [-0.4, -0.2) is 77.1 Å². The summed E-state index contributed by atoms with van der Waals surface area (Å²) in [6.45, 7) is 3.88. The molecule has 7 nitrogen and oxygen atoms in total. The van der Waals surface area contributed by atoms with Gasteiger partial charge in [-0.15, -0.1) is 0 Å². The number of quaternary nitrogens is 1. The fourth-order valence-corrected chi connectivity index (χ4v) is 2.57. The molecule has 0 saturated heterocycles. The molecule has 146 valence electrons. The summed E-state index contributed by atoms with van der Waals surface area (Å²) in [5, 5.41) is 0. The van der Waals surface area contributed by atoms with E-state index in [1.165, 1.54) is 4.90 Å². The molecule has 0 fully saturated rings. The Balaban J connectivity index is 4.05. The summed E-state index contributed by atoms with van der Waals surface area (Å²) >= 11 is 5.97. The molecule has 0 saturated carbocycles. The lowest BCUT2D eigenvalue weighted by Gasteiger charge is -2.19. The van der Waals surface area contributed by atoms with Crippen LogP contribution in [0.1, 0.15) is 12.8 Å². The molecular formula is C15H25I3NO6+. The molecule has 0 radical (unpaired) electrons. The first-order valence-corrected chi connectivity index (χ1v) is 12.5. The van der Waals surface area contributed by atoms with Crippen LogP contribution >= 0.6 is 67.8 Å². The minimum atomic E-state index is -0.200. The molecule has 0 aliphatic heterocycles. The van der Waals surface area contributed by atoms with Crippen molar-refractivity contribution in [2.45, 2.75) is 12.8 Å². The van der Waals surface area contributed by atoms with Gasteiger partial charge in [0, 0.05) is 12.8 Å². The van der Waals surface area contributed by atoms with Crippen molar-refractivity contribution in [3.63, 3.8) is 0 Å². The number of alkyl halides is 3. The second-order valence-electron chi connectivity index (χ2n) is 5.14. The van der Waals surface area contributed by atoms with E-state index in [0.29, 0.717) is 33.1 Å². The minimum Gasteiger partial charge on any atom is -0.465 e. The van der Waals surface area contributed by atoms with Gasteiger partial charge in [0.2, 0.25) is 0 Å². The number of ether oxygens (including phenoxy) is 3. The van der Waals surface area contributed by atoms with Crippen molar-refractivity contribution >= 4 is 85.5 Å². The highest BCUT2D eigenvalue weighted by Crippen LogP contribution is 1.89. The zero-order valence-corrected chi connectivity index (χ0v) is 20.5. The zero-order valence-electron chi connectivity index (χ0n) is 14.1. The van der Waals surface area contributed by atoms with Gasteiger partial charge in [0.05, 0.1) is 46.2 Å². The number of rotatable bonds is 16. The molecular weight excluding hydrogens is 671 g/mol. The Kier molecular flexibility index (Phi) is 18.6. The van der Waals surface area contributed by atoms with Crippen LogP contribution in [-0.2, 0) is 28.6 Å². The van der Waals surface area contributed by atoms with Gasteiger partial charge < -0.3 is 19.1 Å². The largest absolute Gasteiger partial charge is 0.465 e. The predicted octanol–water partition coefficient (Wildman–Crippen LogP) is 0.629. The maximum atomic E-state index is 11.2. The van der Waals surface area contributed by atoms with Gasteiger partial charge in [-0.3, -0.25) is 14.4 Å². The summed E-state index contributed by atoms with van der Waals surface area (Å²) in [7, 11) is 0. The fraction of sp³-hybridized carbons (Fsp3) is 0.800. The van der Waals surface area contributed by atoms with Gasteiger partial charge in [0.15, 0.2) is 5.78 Å². The summed E-state index contributed by atoms with van der Waals surface area (Å²) in [5.74, 6) is -0.319. The highest BCUT2D eigenvalue weighted by Gasteiger charge is 2.11. The Hall–Kier alpha value is 0.720. The first-order chi connectivity index (χ1) is 12.0. The van der Waals surface area contributed by atoms with E-state index in [1.807, 2.05) is 67.8 Å². The molecule has 25 heavy (non-hydrogen) atoms. The topological polar surface area (TPSA) is 83.3 Å². The molecule has 0 aromatic heterocycles. The van der Waals surface area contributed by atoms with Gasteiger partial charge >= 0.3 is 11.9 Å². The molecule has 0 spiro atoms. The molecule has 0 aliphatic carbocycles. The molecule has 0 amide bonds. The molecule has 10 heteroatoms. The van der Waals surface area contributed by atoms with Gasteiger partial charge in [-0.25, -0.2) is 0 Å². The van der Waals surface area contributed by atoms with Crippen molar-refractivity contribution < 1.29 is 33.5 Å². The van der Waals surface area contributed by atoms with Gasteiger partial charge in [-0.05, 0) is 0 Å². The number of halogens is 3. The standard InChI is InChI=1S/C15H24I3NO6/c16-9-13(20)12-23-8-5-19(3-1-6-24-14(21)10-17)4-2-7-25-15(22)11-18/h1-12H2/p+1. The van der Waals surface area contributed by atoms with Crippen LogP contribution in [0.4, 0.5) is 0 Å². The van der Waals surface area contributed by atoms with Crippen LogP contribution in [0, 0.1) is 0 Å². The van der Waals surface area contributed by atoms with Crippen molar-refractivity contribution in [3.8, 4) is 0 Å². The average molecular weight is 696 g/mol. The monoisotopic (exact) mass is 696 g/mol. The van der Waals surface area contributed by atoms with Crippen molar-refractivity contribution in [1.29, 1.82) is 0 Å². The van der Waals surface area contributed by atoms with Gasteiger partial charge in [-0.2, -0.15) is 0 Å². The summed E-state index contributed by atoms with van der Waals surface area (Å²) < 4.78 is 16.7. The second kappa shape index (κ2) is 18.1. The number of Topliss-reactive ketones (excluding diaryl/α,β-unsaturated/α-hetero) is 1. The molecule has 0 aromatic rings. The first-order valence-electron chi connectivity index (χ1n) is 7.95. The van der Waals surface area contributed by atoms with Crippen LogP contribution in [0.5, 0.6) is 0 Å². The predicted molar refractivity (Wildman–Crippen MR) is 119 cm³/mol. The Morgan fingerprint density at radius 3 is 1.68 bits per heavy atom.